The Hall–Kier alpha value is -1.77. The maximum absolute atomic E-state index is 12.9. The van der Waals surface area contributed by atoms with Crippen LogP contribution in [0.25, 0.3) is 10.8 Å². The van der Waals surface area contributed by atoms with Crippen molar-refractivity contribution < 1.29 is 9.90 Å². The van der Waals surface area contributed by atoms with E-state index in [1.54, 1.807) is 6.07 Å². The molecule has 2 N–H and O–H groups in total. The van der Waals surface area contributed by atoms with Crippen LogP contribution in [0.1, 0.15) is 44.7 Å². The predicted octanol–water partition coefficient (Wildman–Crippen LogP) is 2.00. The number of nitrogens with one attached hydrogen (secondary N) is 1. The van der Waals surface area contributed by atoms with Crippen LogP contribution in [0, 0.1) is 0 Å². The van der Waals surface area contributed by atoms with Gasteiger partial charge in [-0.1, -0.05) is 29.8 Å². The Morgan fingerprint density at radius 3 is 2.76 bits per heavy atom. The Balaban J connectivity index is 1.55. The number of amides is 1. The Morgan fingerprint density at radius 1 is 1.31 bits per heavy atom. The Labute approximate surface area is 178 Å². The maximum Gasteiger partial charge on any atom is 0.275 e. The van der Waals surface area contributed by atoms with Crippen molar-refractivity contribution in [2.24, 2.45) is 0 Å². The summed E-state index contributed by atoms with van der Waals surface area (Å²) in [7, 11) is 0. The van der Waals surface area contributed by atoms with Crippen LogP contribution in [0.15, 0.2) is 27.5 Å². The van der Waals surface area contributed by atoms with Gasteiger partial charge in [0.15, 0.2) is 0 Å². The molecule has 156 valence electrons. The van der Waals surface area contributed by atoms with Gasteiger partial charge in [0, 0.05) is 29.0 Å². The molecule has 29 heavy (non-hydrogen) atoms. The molecule has 2 atom stereocenters. The number of hydrogen-bond acceptors (Lipinski definition) is 5. The van der Waals surface area contributed by atoms with Gasteiger partial charge >= 0.3 is 0 Å². The van der Waals surface area contributed by atoms with Crippen LogP contribution >= 0.6 is 15.9 Å². The molecule has 2 aromatic rings. The van der Waals surface area contributed by atoms with Crippen molar-refractivity contribution in [1.29, 1.82) is 0 Å². The number of hydrogen-bond donors (Lipinski definition) is 2. The number of nitrogens with zero attached hydrogens (tertiary/aromatic N) is 3. The van der Waals surface area contributed by atoms with Crippen molar-refractivity contribution in [1.82, 2.24) is 20.0 Å². The van der Waals surface area contributed by atoms with Crippen LogP contribution in [-0.4, -0.2) is 57.0 Å². The summed E-state index contributed by atoms with van der Waals surface area (Å²) in [5, 5.41) is 19.1. The molecule has 1 aliphatic carbocycles. The van der Waals surface area contributed by atoms with E-state index in [1.165, 1.54) is 17.5 Å². The average Bonchev–Trinajstić information content (AvgIpc) is 3.50. The van der Waals surface area contributed by atoms with E-state index in [2.05, 4.69) is 31.2 Å². The van der Waals surface area contributed by atoms with Crippen LogP contribution in [0.5, 0.6) is 0 Å². The predicted molar refractivity (Wildman–Crippen MR) is 115 cm³/mol. The molecule has 2 heterocycles. The van der Waals surface area contributed by atoms with Gasteiger partial charge < -0.3 is 10.4 Å². The van der Waals surface area contributed by atoms with Crippen molar-refractivity contribution in [3.05, 3.63) is 38.7 Å². The lowest BCUT2D eigenvalue weighted by Crippen LogP contribution is -2.56. The second kappa shape index (κ2) is 8.16. The minimum absolute atomic E-state index is 0.106. The molecule has 2 aliphatic rings. The van der Waals surface area contributed by atoms with E-state index in [9.17, 15) is 14.7 Å². The van der Waals surface area contributed by atoms with E-state index in [1.807, 2.05) is 26.0 Å². The van der Waals surface area contributed by atoms with Crippen molar-refractivity contribution in [3.63, 3.8) is 0 Å². The summed E-state index contributed by atoms with van der Waals surface area (Å²) >= 11 is 3.45. The van der Waals surface area contributed by atoms with Crippen molar-refractivity contribution in [2.75, 3.05) is 13.1 Å². The first-order valence-electron chi connectivity index (χ1n) is 10.2. The maximum atomic E-state index is 12.9. The minimum atomic E-state index is -0.557. The lowest BCUT2D eigenvalue weighted by molar-refractivity contribution is -0.124. The first-order chi connectivity index (χ1) is 13.8. The first kappa shape index (κ1) is 20.5. The second-order valence-electron chi connectivity index (χ2n) is 8.45. The fourth-order valence-electron chi connectivity index (χ4n) is 4.08. The second-order valence-corrected chi connectivity index (χ2v) is 9.36. The molecule has 2 fully saturated rings. The molecule has 1 aromatic heterocycles. The summed E-state index contributed by atoms with van der Waals surface area (Å²) in [4.78, 5) is 27.9. The number of rotatable bonds is 5. The van der Waals surface area contributed by atoms with Gasteiger partial charge in [0.1, 0.15) is 6.54 Å². The number of piperidine rings is 1. The van der Waals surface area contributed by atoms with E-state index in [0.717, 1.165) is 22.1 Å². The summed E-state index contributed by atoms with van der Waals surface area (Å²) in [5.41, 5.74) is 0.502. The van der Waals surface area contributed by atoms with E-state index in [-0.39, 0.29) is 30.0 Å². The van der Waals surface area contributed by atoms with E-state index in [4.69, 9.17) is 0 Å². The molecule has 4 rings (SSSR count). The third-order valence-electron chi connectivity index (χ3n) is 5.81. The summed E-state index contributed by atoms with van der Waals surface area (Å²) in [6, 6.07) is 5.77. The summed E-state index contributed by atoms with van der Waals surface area (Å²) < 4.78 is 2.13. The highest BCUT2D eigenvalue weighted by atomic mass is 79.9. The highest BCUT2D eigenvalue weighted by Crippen LogP contribution is 2.29. The monoisotopic (exact) mass is 462 g/mol. The fourth-order valence-corrected chi connectivity index (χ4v) is 4.44. The zero-order valence-electron chi connectivity index (χ0n) is 16.8. The number of halogens is 1. The summed E-state index contributed by atoms with van der Waals surface area (Å²) in [5.74, 6) is -0.193. The molecular formula is C21H27BrN4O3. The number of carbonyl (C=O) groups is 1. The smallest absolute Gasteiger partial charge is 0.275 e. The topological polar surface area (TPSA) is 87.5 Å². The Bertz CT molecular complexity index is 986. The van der Waals surface area contributed by atoms with Crippen molar-refractivity contribution in [3.8, 4) is 0 Å². The highest BCUT2D eigenvalue weighted by Gasteiger charge is 2.36. The van der Waals surface area contributed by atoms with Gasteiger partial charge in [0.2, 0.25) is 5.91 Å². The molecule has 1 amide bonds. The normalized spacial score (nSPS) is 22.9. The third kappa shape index (κ3) is 4.39. The number of aliphatic hydroxyl groups is 1. The molecule has 0 bridgehead atoms. The van der Waals surface area contributed by atoms with Gasteiger partial charge in [-0.05, 0) is 43.4 Å². The Morgan fingerprint density at radius 2 is 2.07 bits per heavy atom. The van der Waals surface area contributed by atoms with Gasteiger partial charge in [0.25, 0.3) is 5.56 Å². The SMILES string of the molecule is CC(C)c1nn(CC(=O)N[C@H]2CN(C3CC3)CC[C@H]2O)c(=O)c2ccc(Br)cc12. The standard InChI is InChI=1S/C21H27BrN4O3/c1-12(2)20-16-9-13(22)3-6-15(16)21(29)26(24-20)11-19(28)23-17-10-25(14-4-5-14)8-7-18(17)27/h3,6,9,12,14,17-18,27H,4-5,7-8,10-11H2,1-2H3,(H,23,28)/t17-,18+/m0/s1. The number of aliphatic hydroxyl groups excluding tert-OH is 1. The first-order valence-corrected chi connectivity index (χ1v) is 11.0. The van der Waals surface area contributed by atoms with Crippen LogP contribution in [0.2, 0.25) is 0 Å². The van der Waals surface area contributed by atoms with E-state index >= 15 is 0 Å². The molecule has 1 saturated heterocycles. The highest BCUT2D eigenvalue weighted by molar-refractivity contribution is 9.10. The van der Waals surface area contributed by atoms with Gasteiger partial charge in [-0.25, -0.2) is 4.68 Å². The summed E-state index contributed by atoms with van der Waals surface area (Å²) in [6.07, 6.45) is 2.49. The lowest BCUT2D eigenvalue weighted by atomic mass is 10.0. The number of carbonyl (C=O) groups excluding carboxylic acids is 1. The lowest BCUT2D eigenvalue weighted by Gasteiger charge is -2.36. The molecule has 1 aromatic carbocycles. The largest absolute Gasteiger partial charge is 0.391 e. The zero-order valence-corrected chi connectivity index (χ0v) is 18.4. The fraction of sp³-hybridized carbons (Fsp3) is 0.571. The molecule has 0 spiro atoms. The Kier molecular flexibility index (Phi) is 5.77. The molecule has 8 heteroatoms. The molecular weight excluding hydrogens is 436 g/mol. The van der Waals surface area contributed by atoms with Crippen molar-refractivity contribution >= 4 is 32.6 Å². The number of benzene rings is 1. The molecule has 0 radical (unpaired) electrons. The molecule has 7 nitrogen and oxygen atoms in total. The number of fused-ring (bicyclic) bond motifs is 1. The van der Waals surface area contributed by atoms with Gasteiger partial charge in [-0.2, -0.15) is 5.10 Å². The number of likely N-dealkylation sites (tertiary alicyclic amines) is 1. The van der Waals surface area contributed by atoms with E-state index < -0.39 is 6.10 Å². The minimum Gasteiger partial charge on any atom is -0.391 e. The van der Waals surface area contributed by atoms with Gasteiger partial charge in [0.05, 0.1) is 23.2 Å². The average molecular weight is 463 g/mol. The van der Waals surface area contributed by atoms with Crippen LogP contribution in [0.3, 0.4) is 0 Å². The third-order valence-corrected chi connectivity index (χ3v) is 6.30. The van der Waals surface area contributed by atoms with Gasteiger partial charge in [-0.15, -0.1) is 0 Å². The molecule has 0 unspecified atom stereocenters. The van der Waals surface area contributed by atoms with Crippen LogP contribution in [-0.2, 0) is 11.3 Å². The molecule has 1 saturated carbocycles. The van der Waals surface area contributed by atoms with Crippen molar-refractivity contribution in [2.45, 2.75) is 63.8 Å². The van der Waals surface area contributed by atoms with E-state index in [0.29, 0.717) is 24.4 Å². The molecule has 1 aliphatic heterocycles. The van der Waals surface area contributed by atoms with Crippen LogP contribution < -0.4 is 10.9 Å². The quantitative estimate of drug-likeness (QED) is 0.709. The number of aromatic nitrogens is 2. The van der Waals surface area contributed by atoms with Crippen LogP contribution in [0.4, 0.5) is 0 Å². The summed E-state index contributed by atoms with van der Waals surface area (Å²) in [6.45, 7) is 5.40. The van der Waals surface area contributed by atoms with Gasteiger partial charge in [-0.3, -0.25) is 14.5 Å². The zero-order chi connectivity index (χ0) is 20.7.